The van der Waals surface area contributed by atoms with Crippen LogP contribution in [0, 0.1) is 0 Å². The summed E-state index contributed by atoms with van der Waals surface area (Å²) in [5.74, 6) is -0.260. The molecule has 0 aromatic carbocycles. The Morgan fingerprint density at radius 2 is 2.05 bits per heavy atom. The molecule has 0 aliphatic rings. The molecule has 2 aromatic rings. The largest absolute Gasteiger partial charge is 0.349 e. The third-order valence-corrected chi connectivity index (χ3v) is 5.05. The van der Waals surface area contributed by atoms with Gasteiger partial charge in [-0.25, -0.2) is 0 Å². The van der Waals surface area contributed by atoms with E-state index < -0.39 is 0 Å². The van der Waals surface area contributed by atoms with Crippen LogP contribution >= 0.6 is 22.7 Å². The molecule has 1 atom stereocenters. The van der Waals surface area contributed by atoms with Gasteiger partial charge in [-0.1, -0.05) is 6.07 Å². The van der Waals surface area contributed by atoms with Gasteiger partial charge in [-0.15, -0.1) is 22.7 Å². The monoisotopic (exact) mass is 337 g/mol. The van der Waals surface area contributed by atoms with Crippen LogP contribution in [-0.4, -0.2) is 37.4 Å². The van der Waals surface area contributed by atoms with Gasteiger partial charge >= 0.3 is 0 Å². The summed E-state index contributed by atoms with van der Waals surface area (Å²) in [6.07, 6.45) is 0. The summed E-state index contributed by atoms with van der Waals surface area (Å²) in [5.41, 5.74) is 0. The molecule has 0 aliphatic heterocycles. The predicted molar refractivity (Wildman–Crippen MR) is 91.7 cm³/mol. The standard InChI is InChI=1S/C15H19N3O2S2/c1-10(19)17-14-7-6-13(22-14)15(20)16-9-11(18(2)3)12-5-4-8-21-12/h4-8,11H,9H2,1-3H3,(H,16,20)(H,17,19). The SMILES string of the molecule is CC(=O)Nc1ccc(C(=O)NCC(c2cccs2)N(C)C)s1. The Morgan fingerprint density at radius 3 is 2.64 bits per heavy atom. The molecule has 0 saturated heterocycles. The van der Waals surface area contributed by atoms with E-state index in [0.29, 0.717) is 16.4 Å². The second-order valence-corrected chi connectivity index (χ2v) is 7.11. The lowest BCUT2D eigenvalue weighted by molar-refractivity contribution is -0.114. The number of likely N-dealkylation sites (N-methyl/N-ethyl adjacent to an activating group) is 1. The Bertz CT molecular complexity index is 635. The Hall–Kier alpha value is -1.70. The summed E-state index contributed by atoms with van der Waals surface area (Å²) in [4.78, 5) is 27.1. The minimum absolute atomic E-state index is 0.120. The number of anilines is 1. The molecule has 7 heteroatoms. The number of nitrogens with zero attached hydrogens (tertiary/aromatic N) is 1. The molecule has 22 heavy (non-hydrogen) atoms. The van der Waals surface area contributed by atoms with Crippen LogP contribution in [0.4, 0.5) is 5.00 Å². The van der Waals surface area contributed by atoms with Gasteiger partial charge < -0.3 is 15.5 Å². The van der Waals surface area contributed by atoms with Gasteiger partial charge in [0.05, 0.1) is 15.9 Å². The van der Waals surface area contributed by atoms with Gasteiger partial charge in [0.15, 0.2) is 0 Å². The fourth-order valence-electron chi connectivity index (χ4n) is 2.00. The first-order valence-electron chi connectivity index (χ1n) is 6.83. The molecule has 0 bridgehead atoms. The molecule has 2 N–H and O–H groups in total. The van der Waals surface area contributed by atoms with E-state index in [1.807, 2.05) is 25.5 Å². The number of hydrogen-bond acceptors (Lipinski definition) is 5. The van der Waals surface area contributed by atoms with E-state index >= 15 is 0 Å². The van der Waals surface area contributed by atoms with Gasteiger partial charge in [0, 0.05) is 18.3 Å². The minimum Gasteiger partial charge on any atom is -0.349 e. The van der Waals surface area contributed by atoms with Crippen molar-refractivity contribution in [1.82, 2.24) is 10.2 Å². The fourth-order valence-corrected chi connectivity index (χ4v) is 3.79. The number of thiophene rings is 2. The summed E-state index contributed by atoms with van der Waals surface area (Å²) >= 11 is 2.95. The molecular weight excluding hydrogens is 318 g/mol. The Labute approximate surface area is 138 Å². The molecule has 2 heterocycles. The fraction of sp³-hybridized carbons (Fsp3) is 0.333. The van der Waals surface area contributed by atoms with Crippen LogP contribution < -0.4 is 10.6 Å². The van der Waals surface area contributed by atoms with Crippen molar-refractivity contribution in [3.63, 3.8) is 0 Å². The van der Waals surface area contributed by atoms with Crippen LogP contribution in [0.15, 0.2) is 29.6 Å². The molecule has 5 nitrogen and oxygen atoms in total. The summed E-state index contributed by atoms with van der Waals surface area (Å²) in [5, 5.41) is 8.35. The van der Waals surface area contributed by atoms with E-state index in [1.54, 1.807) is 23.5 Å². The summed E-state index contributed by atoms with van der Waals surface area (Å²) in [6.45, 7) is 1.99. The van der Waals surface area contributed by atoms with Gasteiger partial charge in [0.2, 0.25) is 5.91 Å². The number of rotatable bonds is 6. The van der Waals surface area contributed by atoms with Crippen molar-refractivity contribution in [1.29, 1.82) is 0 Å². The summed E-state index contributed by atoms with van der Waals surface area (Å²) in [6, 6.07) is 7.70. The maximum Gasteiger partial charge on any atom is 0.261 e. The molecule has 0 saturated carbocycles. The molecule has 0 aliphatic carbocycles. The van der Waals surface area contributed by atoms with Crippen LogP contribution in [0.25, 0.3) is 0 Å². The zero-order valence-corrected chi connectivity index (χ0v) is 14.4. The number of nitrogens with one attached hydrogen (secondary N) is 2. The van der Waals surface area contributed by atoms with Crippen molar-refractivity contribution in [2.75, 3.05) is 26.0 Å². The lowest BCUT2D eigenvalue weighted by Gasteiger charge is -2.23. The molecule has 2 rings (SSSR count). The molecule has 0 radical (unpaired) electrons. The van der Waals surface area contributed by atoms with Crippen molar-refractivity contribution in [3.8, 4) is 0 Å². The molecule has 1 unspecified atom stereocenters. The van der Waals surface area contributed by atoms with Crippen molar-refractivity contribution >= 4 is 39.5 Å². The first-order chi connectivity index (χ1) is 10.5. The molecule has 2 aromatic heterocycles. The van der Waals surface area contributed by atoms with Gasteiger partial charge in [0.1, 0.15) is 0 Å². The van der Waals surface area contributed by atoms with Gasteiger partial charge in [-0.2, -0.15) is 0 Å². The second-order valence-electron chi connectivity index (χ2n) is 5.05. The van der Waals surface area contributed by atoms with E-state index in [4.69, 9.17) is 0 Å². The zero-order valence-electron chi connectivity index (χ0n) is 12.8. The second kappa shape index (κ2) is 7.53. The Kier molecular flexibility index (Phi) is 5.70. The third-order valence-electron chi connectivity index (χ3n) is 3.08. The predicted octanol–water partition coefficient (Wildman–Crippen LogP) is 2.80. The average molecular weight is 337 g/mol. The van der Waals surface area contributed by atoms with Crippen LogP contribution in [0.3, 0.4) is 0 Å². The lowest BCUT2D eigenvalue weighted by Crippen LogP contribution is -2.33. The maximum atomic E-state index is 12.2. The van der Waals surface area contributed by atoms with Crippen LogP contribution in [0.2, 0.25) is 0 Å². The molecule has 118 valence electrons. The highest BCUT2D eigenvalue weighted by Gasteiger charge is 2.17. The smallest absolute Gasteiger partial charge is 0.261 e. The van der Waals surface area contributed by atoms with Crippen molar-refractivity contribution in [3.05, 3.63) is 39.4 Å². The topological polar surface area (TPSA) is 61.4 Å². The molecule has 2 amide bonds. The number of carbonyl (C=O) groups is 2. The number of hydrogen-bond donors (Lipinski definition) is 2. The summed E-state index contributed by atoms with van der Waals surface area (Å²) in [7, 11) is 3.99. The van der Waals surface area contributed by atoms with Crippen LogP contribution in [0.1, 0.15) is 27.5 Å². The summed E-state index contributed by atoms with van der Waals surface area (Å²) < 4.78 is 0. The highest BCUT2D eigenvalue weighted by atomic mass is 32.1. The highest BCUT2D eigenvalue weighted by molar-refractivity contribution is 7.18. The van der Waals surface area contributed by atoms with E-state index in [1.165, 1.54) is 23.1 Å². The maximum absolute atomic E-state index is 12.2. The Morgan fingerprint density at radius 1 is 1.27 bits per heavy atom. The molecular formula is C15H19N3O2S2. The van der Waals surface area contributed by atoms with Crippen molar-refractivity contribution in [2.45, 2.75) is 13.0 Å². The first-order valence-corrected chi connectivity index (χ1v) is 8.52. The van der Waals surface area contributed by atoms with Crippen molar-refractivity contribution < 1.29 is 9.59 Å². The van der Waals surface area contributed by atoms with Gasteiger partial charge in [-0.3, -0.25) is 9.59 Å². The quantitative estimate of drug-likeness (QED) is 0.852. The molecule has 0 spiro atoms. The lowest BCUT2D eigenvalue weighted by atomic mass is 10.2. The van der Waals surface area contributed by atoms with E-state index in [-0.39, 0.29) is 17.9 Å². The normalized spacial score (nSPS) is 12.2. The third kappa shape index (κ3) is 4.40. The highest BCUT2D eigenvalue weighted by Crippen LogP contribution is 2.24. The van der Waals surface area contributed by atoms with E-state index in [9.17, 15) is 9.59 Å². The number of carbonyl (C=O) groups excluding carboxylic acids is 2. The number of amides is 2. The van der Waals surface area contributed by atoms with E-state index in [0.717, 1.165) is 0 Å². The van der Waals surface area contributed by atoms with Crippen LogP contribution in [0.5, 0.6) is 0 Å². The average Bonchev–Trinajstić information content (AvgIpc) is 3.09. The van der Waals surface area contributed by atoms with Gasteiger partial charge in [0.25, 0.3) is 5.91 Å². The van der Waals surface area contributed by atoms with Crippen LogP contribution in [-0.2, 0) is 4.79 Å². The zero-order chi connectivity index (χ0) is 16.1. The van der Waals surface area contributed by atoms with E-state index in [2.05, 4.69) is 21.6 Å². The van der Waals surface area contributed by atoms with Crippen molar-refractivity contribution in [2.24, 2.45) is 0 Å². The first kappa shape index (κ1) is 16.7. The molecule has 0 fully saturated rings. The Balaban J connectivity index is 1.96. The van der Waals surface area contributed by atoms with Gasteiger partial charge in [-0.05, 0) is 37.7 Å². The minimum atomic E-state index is -0.140.